The van der Waals surface area contributed by atoms with E-state index < -0.39 is 0 Å². The minimum atomic E-state index is -0.183. The van der Waals surface area contributed by atoms with E-state index in [0.29, 0.717) is 18.6 Å². The summed E-state index contributed by atoms with van der Waals surface area (Å²) < 4.78 is 5.34. The quantitative estimate of drug-likeness (QED) is 0.599. The average molecular weight is 254 g/mol. The SMILES string of the molecule is CCc1cccc(OC(=O)CCc2ccccc2)c1. The Morgan fingerprint density at radius 3 is 2.47 bits per heavy atom. The molecule has 2 aromatic carbocycles. The van der Waals surface area contributed by atoms with Crippen LogP contribution in [0, 0.1) is 0 Å². The van der Waals surface area contributed by atoms with Gasteiger partial charge < -0.3 is 4.74 Å². The van der Waals surface area contributed by atoms with Crippen molar-refractivity contribution in [2.75, 3.05) is 0 Å². The first-order valence-corrected chi connectivity index (χ1v) is 6.61. The first-order valence-electron chi connectivity index (χ1n) is 6.61. The molecule has 0 amide bonds. The number of hydrogen-bond donors (Lipinski definition) is 0. The van der Waals surface area contributed by atoms with E-state index in [2.05, 4.69) is 6.92 Å². The fourth-order valence-corrected chi connectivity index (χ4v) is 1.90. The maximum absolute atomic E-state index is 11.8. The Bertz CT molecular complexity index is 532. The van der Waals surface area contributed by atoms with Gasteiger partial charge in [0.25, 0.3) is 0 Å². The largest absolute Gasteiger partial charge is 0.427 e. The van der Waals surface area contributed by atoms with Gasteiger partial charge in [-0.15, -0.1) is 0 Å². The third kappa shape index (κ3) is 4.25. The highest BCUT2D eigenvalue weighted by atomic mass is 16.5. The standard InChI is InChI=1S/C17H18O2/c1-2-14-9-6-10-16(13-14)19-17(18)12-11-15-7-4-3-5-8-15/h3-10,13H,2,11-12H2,1H3. The Morgan fingerprint density at radius 2 is 1.74 bits per heavy atom. The van der Waals surface area contributed by atoms with Crippen molar-refractivity contribution in [2.24, 2.45) is 0 Å². The molecule has 0 N–H and O–H groups in total. The molecular weight excluding hydrogens is 236 g/mol. The molecule has 0 spiro atoms. The van der Waals surface area contributed by atoms with E-state index in [0.717, 1.165) is 12.0 Å². The molecule has 0 radical (unpaired) electrons. The number of carbonyl (C=O) groups excluding carboxylic acids is 1. The van der Waals surface area contributed by atoms with Gasteiger partial charge >= 0.3 is 5.97 Å². The van der Waals surface area contributed by atoms with Crippen LogP contribution in [0.3, 0.4) is 0 Å². The summed E-state index contributed by atoms with van der Waals surface area (Å²) >= 11 is 0. The molecule has 0 saturated heterocycles. The van der Waals surface area contributed by atoms with E-state index >= 15 is 0 Å². The summed E-state index contributed by atoms with van der Waals surface area (Å²) in [6.07, 6.45) is 2.06. The highest BCUT2D eigenvalue weighted by Crippen LogP contribution is 2.14. The summed E-state index contributed by atoms with van der Waals surface area (Å²) in [5.74, 6) is 0.453. The fourth-order valence-electron chi connectivity index (χ4n) is 1.90. The van der Waals surface area contributed by atoms with Gasteiger partial charge in [-0.25, -0.2) is 0 Å². The number of hydrogen-bond acceptors (Lipinski definition) is 2. The molecule has 0 aliphatic rings. The van der Waals surface area contributed by atoms with Crippen molar-refractivity contribution in [3.05, 3.63) is 65.7 Å². The van der Waals surface area contributed by atoms with Gasteiger partial charge in [0.2, 0.25) is 0 Å². The average Bonchev–Trinajstić information content (AvgIpc) is 2.46. The van der Waals surface area contributed by atoms with Crippen LogP contribution in [0.2, 0.25) is 0 Å². The van der Waals surface area contributed by atoms with Crippen LogP contribution in [0.5, 0.6) is 5.75 Å². The van der Waals surface area contributed by atoms with Crippen molar-refractivity contribution in [3.63, 3.8) is 0 Å². The second-order valence-electron chi connectivity index (χ2n) is 4.46. The van der Waals surface area contributed by atoms with Crippen LogP contribution in [0.15, 0.2) is 54.6 Å². The minimum Gasteiger partial charge on any atom is -0.427 e. The summed E-state index contributed by atoms with van der Waals surface area (Å²) in [5.41, 5.74) is 2.33. The molecule has 2 rings (SSSR count). The van der Waals surface area contributed by atoms with Crippen molar-refractivity contribution in [1.29, 1.82) is 0 Å². The van der Waals surface area contributed by atoms with Gasteiger partial charge in [0.15, 0.2) is 0 Å². The zero-order chi connectivity index (χ0) is 13.5. The van der Waals surface area contributed by atoms with Crippen LogP contribution in [-0.2, 0) is 17.6 Å². The fraction of sp³-hybridized carbons (Fsp3) is 0.235. The molecule has 0 bridgehead atoms. The third-order valence-electron chi connectivity index (χ3n) is 3.00. The van der Waals surface area contributed by atoms with Crippen LogP contribution in [0.25, 0.3) is 0 Å². The number of ether oxygens (including phenoxy) is 1. The first-order chi connectivity index (χ1) is 9.28. The molecule has 0 aromatic heterocycles. The van der Waals surface area contributed by atoms with Crippen LogP contribution >= 0.6 is 0 Å². The lowest BCUT2D eigenvalue weighted by atomic mass is 10.1. The van der Waals surface area contributed by atoms with Gasteiger partial charge in [-0.1, -0.05) is 49.4 Å². The predicted molar refractivity (Wildman–Crippen MR) is 76.2 cm³/mol. The van der Waals surface area contributed by atoms with Gasteiger partial charge in [0.05, 0.1) is 0 Å². The van der Waals surface area contributed by atoms with Crippen molar-refractivity contribution in [3.8, 4) is 5.75 Å². The number of benzene rings is 2. The first kappa shape index (κ1) is 13.3. The van der Waals surface area contributed by atoms with Crippen LogP contribution < -0.4 is 4.74 Å². The van der Waals surface area contributed by atoms with Gasteiger partial charge in [-0.3, -0.25) is 4.79 Å². The second-order valence-corrected chi connectivity index (χ2v) is 4.46. The molecule has 2 nitrogen and oxygen atoms in total. The smallest absolute Gasteiger partial charge is 0.311 e. The molecule has 2 heteroatoms. The molecule has 0 unspecified atom stereocenters. The van der Waals surface area contributed by atoms with E-state index in [1.165, 1.54) is 5.56 Å². The molecule has 0 saturated carbocycles. The summed E-state index contributed by atoms with van der Waals surface area (Å²) in [6.45, 7) is 2.08. The number of rotatable bonds is 5. The zero-order valence-electron chi connectivity index (χ0n) is 11.1. The Morgan fingerprint density at radius 1 is 1.00 bits per heavy atom. The van der Waals surface area contributed by atoms with Gasteiger partial charge in [0, 0.05) is 6.42 Å². The molecule has 98 valence electrons. The van der Waals surface area contributed by atoms with Crippen molar-refractivity contribution in [2.45, 2.75) is 26.2 Å². The van der Waals surface area contributed by atoms with E-state index in [9.17, 15) is 4.79 Å². The third-order valence-corrected chi connectivity index (χ3v) is 3.00. The lowest BCUT2D eigenvalue weighted by molar-refractivity contribution is -0.134. The van der Waals surface area contributed by atoms with Gasteiger partial charge in [-0.2, -0.15) is 0 Å². The lowest BCUT2D eigenvalue weighted by Crippen LogP contribution is -2.09. The van der Waals surface area contributed by atoms with Gasteiger partial charge in [0.1, 0.15) is 5.75 Å². The molecule has 0 heterocycles. The Kier molecular flexibility index (Phi) is 4.73. The molecule has 0 aliphatic carbocycles. The normalized spacial score (nSPS) is 10.2. The van der Waals surface area contributed by atoms with Crippen molar-refractivity contribution < 1.29 is 9.53 Å². The second kappa shape index (κ2) is 6.74. The number of carbonyl (C=O) groups is 1. The Labute approximate surface area is 114 Å². The highest BCUT2D eigenvalue weighted by molar-refractivity contribution is 5.72. The van der Waals surface area contributed by atoms with Gasteiger partial charge in [-0.05, 0) is 36.1 Å². The predicted octanol–water partition coefficient (Wildman–Crippen LogP) is 3.79. The number of esters is 1. The van der Waals surface area contributed by atoms with E-state index in [1.807, 2.05) is 54.6 Å². The maximum atomic E-state index is 11.8. The topological polar surface area (TPSA) is 26.3 Å². The summed E-state index contributed by atoms with van der Waals surface area (Å²) in [4.78, 5) is 11.8. The summed E-state index contributed by atoms with van der Waals surface area (Å²) in [7, 11) is 0. The lowest BCUT2D eigenvalue weighted by Gasteiger charge is -2.05. The summed E-state index contributed by atoms with van der Waals surface area (Å²) in [5, 5.41) is 0. The Balaban J connectivity index is 1.87. The number of aryl methyl sites for hydroxylation is 2. The summed E-state index contributed by atoms with van der Waals surface area (Å²) in [6, 6.07) is 17.6. The highest BCUT2D eigenvalue weighted by Gasteiger charge is 2.05. The zero-order valence-corrected chi connectivity index (χ0v) is 11.1. The van der Waals surface area contributed by atoms with Crippen LogP contribution in [0.4, 0.5) is 0 Å². The molecule has 2 aromatic rings. The molecule has 0 aliphatic heterocycles. The van der Waals surface area contributed by atoms with Crippen LogP contribution in [-0.4, -0.2) is 5.97 Å². The van der Waals surface area contributed by atoms with E-state index in [-0.39, 0.29) is 5.97 Å². The van der Waals surface area contributed by atoms with E-state index in [4.69, 9.17) is 4.74 Å². The maximum Gasteiger partial charge on any atom is 0.311 e. The van der Waals surface area contributed by atoms with Crippen molar-refractivity contribution in [1.82, 2.24) is 0 Å². The Hall–Kier alpha value is -2.09. The molecule has 19 heavy (non-hydrogen) atoms. The molecule has 0 atom stereocenters. The monoisotopic (exact) mass is 254 g/mol. The van der Waals surface area contributed by atoms with Crippen LogP contribution in [0.1, 0.15) is 24.5 Å². The molecular formula is C17H18O2. The van der Waals surface area contributed by atoms with E-state index in [1.54, 1.807) is 0 Å². The minimum absolute atomic E-state index is 0.183. The van der Waals surface area contributed by atoms with Crippen molar-refractivity contribution >= 4 is 5.97 Å². The molecule has 0 fully saturated rings.